The molecule has 1 fully saturated rings. The fourth-order valence-electron chi connectivity index (χ4n) is 2.99. The zero-order chi connectivity index (χ0) is 14.5. The molecule has 0 spiro atoms. The molecule has 1 aliphatic carbocycles. The van der Waals surface area contributed by atoms with Crippen molar-refractivity contribution in [3.63, 3.8) is 0 Å². The zero-order valence-electron chi connectivity index (χ0n) is 13.3. The lowest BCUT2D eigenvalue weighted by Crippen LogP contribution is -2.27. The van der Waals surface area contributed by atoms with Gasteiger partial charge in [0.1, 0.15) is 17.5 Å². The van der Waals surface area contributed by atoms with E-state index in [4.69, 9.17) is 0 Å². The van der Waals surface area contributed by atoms with E-state index >= 15 is 0 Å². The van der Waals surface area contributed by atoms with Gasteiger partial charge in [-0.1, -0.05) is 26.2 Å². The van der Waals surface area contributed by atoms with Gasteiger partial charge in [0, 0.05) is 18.2 Å². The van der Waals surface area contributed by atoms with E-state index in [9.17, 15) is 0 Å². The van der Waals surface area contributed by atoms with E-state index in [1.165, 1.54) is 32.1 Å². The topological polar surface area (TPSA) is 49.8 Å². The first-order valence-corrected chi connectivity index (χ1v) is 7.97. The minimum atomic E-state index is 0.542. The van der Waals surface area contributed by atoms with Gasteiger partial charge in [-0.25, -0.2) is 9.97 Å². The zero-order valence-corrected chi connectivity index (χ0v) is 13.3. The van der Waals surface area contributed by atoms with E-state index < -0.39 is 0 Å². The first kappa shape index (κ1) is 15.1. The second kappa shape index (κ2) is 6.91. The van der Waals surface area contributed by atoms with Crippen molar-refractivity contribution in [2.24, 2.45) is 5.92 Å². The molecule has 0 aliphatic heterocycles. The maximum absolute atomic E-state index is 4.61. The summed E-state index contributed by atoms with van der Waals surface area (Å²) in [4.78, 5) is 9.10. The number of hydrogen-bond acceptors (Lipinski definition) is 4. The smallest absolute Gasteiger partial charge is 0.134 e. The van der Waals surface area contributed by atoms with E-state index in [0.29, 0.717) is 6.04 Å². The van der Waals surface area contributed by atoms with Crippen molar-refractivity contribution in [3.8, 4) is 0 Å². The summed E-state index contributed by atoms with van der Waals surface area (Å²) in [6.07, 6.45) is 6.63. The molecule has 2 N–H and O–H groups in total. The average molecular weight is 276 g/mol. The van der Waals surface area contributed by atoms with Crippen LogP contribution in [-0.4, -0.2) is 22.6 Å². The second-order valence-corrected chi connectivity index (χ2v) is 5.99. The summed E-state index contributed by atoms with van der Waals surface area (Å²) in [6, 6.07) is 0.542. The molecule has 1 heterocycles. The van der Waals surface area contributed by atoms with E-state index in [0.717, 1.165) is 35.5 Å². The lowest BCUT2D eigenvalue weighted by atomic mass is 9.97. The van der Waals surface area contributed by atoms with Gasteiger partial charge in [-0.3, -0.25) is 0 Å². The summed E-state index contributed by atoms with van der Waals surface area (Å²) in [5.41, 5.74) is 1.13. The van der Waals surface area contributed by atoms with Crippen molar-refractivity contribution in [2.45, 2.75) is 65.8 Å². The van der Waals surface area contributed by atoms with Gasteiger partial charge in [-0.05, 0) is 39.5 Å². The lowest BCUT2D eigenvalue weighted by molar-refractivity contribution is 0.455. The molecule has 2 rings (SSSR count). The molecule has 4 nitrogen and oxygen atoms in total. The maximum Gasteiger partial charge on any atom is 0.134 e. The molecule has 0 radical (unpaired) electrons. The molecule has 20 heavy (non-hydrogen) atoms. The van der Waals surface area contributed by atoms with Crippen molar-refractivity contribution < 1.29 is 0 Å². The minimum absolute atomic E-state index is 0.542. The number of nitrogens with one attached hydrogen (secondary N) is 2. The highest BCUT2D eigenvalue weighted by Crippen LogP contribution is 2.28. The number of anilines is 2. The molecule has 0 saturated heterocycles. The Hall–Kier alpha value is -1.32. The first-order chi connectivity index (χ1) is 9.61. The fraction of sp³-hybridized carbons (Fsp3) is 0.750. The van der Waals surface area contributed by atoms with Gasteiger partial charge in [0.05, 0.1) is 0 Å². The molecule has 2 unspecified atom stereocenters. The predicted octanol–water partition coefficient (Wildman–Crippen LogP) is 3.91. The summed E-state index contributed by atoms with van der Waals surface area (Å²) in [6.45, 7) is 9.40. The van der Waals surface area contributed by atoms with Crippen molar-refractivity contribution >= 4 is 11.6 Å². The Morgan fingerprint density at radius 2 is 1.75 bits per heavy atom. The molecule has 1 aliphatic rings. The van der Waals surface area contributed by atoms with Gasteiger partial charge >= 0.3 is 0 Å². The van der Waals surface area contributed by atoms with Gasteiger partial charge in [-0.2, -0.15) is 0 Å². The Balaban J connectivity index is 2.19. The Bertz CT molecular complexity index is 444. The van der Waals surface area contributed by atoms with E-state index in [2.05, 4.69) is 41.4 Å². The van der Waals surface area contributed by atoms with Crippen LogP contribution in [0, 0.1) is 19.8 Å². The van der Waals surface area contributed by atoms with Crippen LogP contribution in [0.1, 0.15) is 57.3 Å². The van der Waals surface area contributed by atoms with Crippen LogP contribution in [0.25, 0.3) is 0 Å². The Labute approximate surface area is 122 Å². The summed E-state index contributed by atoms with van der Waals surface area (Å²) in [7, 11) is 0. The third-order valence-corrected chi connectivity index (χ3v) is 4.29. The molecular weight excluding hydrogens is 248 g/mol. The summed E-state index contributed by atoms with van der Waals surface area (Å²) in [5.74, 6) is 3.51. The highest BCUT2D eigenvalue weighted by atomic mass is 15.1. The number of nitrogens with zero attached hydrogens (tertiary/aromatic N) is 2. The van der Waals surface area contributed by atoms with Gasteiger partial charge in [-0.15, -0.1) is 0 Å². The molecular formula is C16H28N4. The van der Waals surface area contributed by atoms with Gasteiger partial charge in [0.2, 0.25) is 0 Å². The highest BCUT2D eigenvalue weighted by Gasteiger charge is 2.21. The van der Waals surface area contributed by atoms with E-state index in [1.54, 1.807) is 0 Å². The quantitative estimate of drug-likeness (QED) is 0.819. The summed E-state index contributed by atoms with van der Waals surface area (Å²) < 4.78 is 0. The Morgan fingerprint density at radius 3 is 2.50 bits per heavy atom. The molecule has 0 bridgehead atoms. The number of rotatable bonds is 4. The van der Waals surface area contributed by atoms with Crippen LogP contribution >= 0.6 is 0 Å². The Morgan fingerprint density at radius 1 is 1.05 bits per heavy atom. The third-order valence-electron chi connectivity index (χ3n) is 4.29. The summed E-state index contributed by atoms with van der Waals surface area (Å²) >= 11 is 0. The normalized spacial score (nSPS) is 23.2. The molecule has 112 valence electrons. The molecule has 1 saturated carbocycles. The van der Waals surface area contributed by atoms with E-state index in [1.807, 2.05) is 6.92 Å². The van der Waals surface area contributed by atoms with Gasteiger partial charge in [0.25, 0.3) is 0 Å². The average Bonchev–Trinajstić information content (AvgIpc) is 2.61. The van der Waals surface area contributed by atoms with E-state index in [-0.39, 0.29) is 0 Å². The van der Waals surface area contributed by atoms with Crippen LogP contribution in [0.15, 0.2) is 0 Å². The molecule has 0 aromatic carbocycles. The van der Waals surface area contributed by atoms with Crippen LogP contribution in [-0.2, 0) is 0 Å². The standard InChI is InChI=1S/C16H28N4/c1-5-17-15-12(3)16(19-13(4)18-15)20-14-10-8-6-7-9-11(14)2/h11,14H,5-10H2,1-4H3,(H2,17,18,19,20). The highest BCUT2D eigenvalue weighted by molar-refractivity contribution is 5.57. The summed E-state index contributed by atoms with van der Waals surface area (Å²) in [5, 5.41) is 7.01. The second-order valence-electron chi connectivity index (χ2n) is 5.99. The van der Waals surface area contributed by atoms with Crippen LogP contribution in [0.5, 0.6) is 0 Å². The monoisotopic (exact) mass is 276 g/mol. The van der Waals surface area contributed by atoms with Gasteiger partial charge < -0.3 is 10.6 Å². The van der Waals surface area contributed by atoms with Crippen molar-refractivity contribution in [2.75, 3.05) is 17.2 Å². The SMILES string of the molecule is CCNc1nc(C)nc(NC2CCCCCC2C)c1C. The lowest BCUT2D eigenvalue weighted by Gasteiger charge is -2.25. The molecule has 0 amide bonds. The van der Waals surface area contributed by atoms with Crippen LogP contribution < -0.4 is 10.6 Å². The molecule has 1 aromatic heterocycles. The van der Waals surface area contributed by atoms with Crippen LogP contribution in [0.2, 0.25) is 0 Å². The third kappa shape index (κ3) is 3.62. The first-order valence-electron chi connectivity index (χ1n) is 7.97. The molecule has 4 heteroatoms. The van der Waals surface area contributed by atoms with Crippen molar-refractivity contribution in [3.05, 3.63) is 11.4 Å². The predicted molar refractivity (Wildman–Crippen MR) is 85.3 cm³/mol. The number of hydrogen-bond donors (Lipinski definition) is 2. The maximum atomic E-state index is 4.61. The molecule has 2 atom stereocenters. The number of aromatic nitrogens is 2. The minimum Gasteiger partial charge on any atom is -0.370 e. The number of aryl methyl sites for hydroxylation is 1. The Kier molecular flexibility index (Phi) is 5.21. The van der Waals surface area contributed by atoms with Crippen LogP contribution in [0.3, 0.4) is 0 Å². The van der Waals surface area contributed by atoms with Crippen LogP contribution in [0.4, 0.5) is 11.6 Å². The van der Waals surface area contributed by atoms with Crippen molar-refractivity contribution in [1.82, 2.24) is 9.97 Å². The fourth-order valence-corrected chi connectivity index (χ4v) is 2.99. The van der Waals surface area contributed by atoms with Crippen molar-refractivity contribution in [1.29, 1.82) is 0 Å². The largest absolute Gasteiger partial charge is 0.370 e. The van der Waals surface area contributed by atoms with Gasteiger partial charge in [0.15, 0.2) is 0 Å². The molecule has 1 aromatic rings.